The van der Waals surface area contributed by atoms with Crippen LogP contribution in [0, 0.1) is 23.7 Å². The van der Waals surface area contributed by atoms with Gasteiger partial charge in [0.25, 0.3) is 17.7 Å². The molecule has 158 valence electrons. The van der Waals surface area contributed by atoms with Crippen molar-refractivity contribution >= 4 is 51.5 Å². The number of nitrogens with zero attached hydrogens (tertiary/aromatic N) is 2. The number of fused-ring (bicyclic) bond motifs is 5. The first-order chi connectivity index (χ1) is 14.3. The summed E-state index contributed by atoms with van der Waals surface area (Å²) in [5, 5.41) is 5.28. The Morgan fingerprint density at radius 1 is 1.30 bits per heavy atom. The predicted molar refractivity (Wildman–Crippen MR) is 112 cm³/mol. The maximum atomic E-state index is 12.8. The van der Waals surface area contributed by atoms with Gasteiger partial charge in [-0.05, 0) is 47.2 Å². The second-order valence-corrected chi connectivity index (χ2v) is 8.51. The van der Waals surface area contributed by atoms with Crippen molar-refractivity contribution in [3.63, 3.8) is 0 Å². The van der Waals surface area contributed by atoms with Crippen LogP contribution in [0.25, 0.3) is 0 Å². The standard InChI is InChI=1S/C20H19BrClN3O5/c1-2-29-12-6-11(16(21)17(22)18(12)30-8-13(23)26)7-24-25-19(27)14-9-3-4-10(5-9)15(14)20(25)28/h3-4,6-7,9-10,14-15H,2,5,8H2,1H3,(H2,23,26). The number of hydrogen-bond acceptors (Lipinski definition) is 6. The topological polar surface area (TPSA) is 111 Å². The maximum absolute atomic E-state index is 12.8. The van der Waals surface area contributed by atoms with E-state index in [9.17, 15) is 14.4 Å². The van der Waals surface area contributed by atoms with Gasteiger partial charge in [0.1, 0.15) is 5.02 Å². The van der Waals surface area contributed by atoms with E-state index in [1.165, 1.54) is 6.21 Å². The quantitative estimate of drug-likeness (QED) is 0.354. The third-order valence-corrected chi connectivity index (χ3v) is 7.02. The lowest BCUT2D eigenvalue weighted by Crippen LogP contribution is -2.28. The molecular weight excluding hydrogens is 478 g/mol. The van der Waals surface area contributed by atoms with Crippen LogP contribution in [0.5, 0.6) is 11.5 Å². The summed E-state index contributed by atoms with van der Waals surface area (Å²) in [5.74, 6) is -1.17. The molecule has 1 aromatic carbocycles. The molecule has 2 bridgehead atoms. The molecule has 4 rings (SSSR count). The molecule has 4 unspecified atom stereocenters. The number of nitrogens with two attached hydrogens (primary N) is 1. The van der Waals surface area contributed by atoms with E-state index in [-0.39, 0.29) is 58.6 Å². The molecule has 1 heterocycles. The Hall–Kier alpha value is -2.39. The smallest absolute Gasteiger partial charge is 0.255 e. The van der Waals surface area contributed by atoms with E-state index in [0.29, 0.717) is 16.6 Å². The van der Waals surface area contributed by atoms with Gasteiger partial charge in [0.15, 0.2) is 18.1 Å². The van der Waals surface area contributed by atoms with Crippen LogP contribution in [-0.4, -0.2) is 42.2 Å². The zero-order valence-electron chi connectivity index (χ0n) is 16.0. The molecule has 8 nitrogen and oxygen atoms in total. The number of ether oxygens (including phenoxy) is 2. The highest BCUT2D eigenvalue weighted by Gasteiger charge is 2.59. The molecule has 1 saturated carbocycles. The van der Waals surface area contributed by atoms with Crippen LogP contribution in [-0.2, 0) is 14.4 Å². The van der Waals surface area contributed by atoms with E-state index in [2.05, 4.69) is 21.0 Å². The van der Waals surface area contributed by atoms with Gasteiger partial charge in [0.05, 0.1) is 24.7 Å². The molecule has 3 amide bonds. The Bertz CT molecular complexity index is 965. The summed E-state index contributed by atoms with van der Waals surface area (Å²) in [5.41, 5.74) is 5.61. The number of hydrazone groups is 1. The Kier molecular flexibility index (Phi) is 5.59. The third kappa shape index (κ3) is 3.39. The molecule has 1 saturated heterocycles. The van der Waals surface area contributed by atoms with Crippen molar-refractivity contribution in [1.29, 1.82) is 0 Å². The van der Waals surface area contributed by atoms with Crippen molar-refractivity contribution in [3.8, 4) is 11.5 Å². The van der Waals surface area contributed by atoms with Gasteiger partial charge in [-0.2, -0.15) is 10.1 Å². The molecule has 30 heavy (non-hydrogen) atoms. The number of amides is 3. The lowest BCUT2D eigenvalue weighted by Gasteiger charge is -2.16. The summed E-state index contributed by atoms with van der Waals surface area (Å²) in [6, 6.07) is 1.59. The fraction of sp³-hybridized carbons (Fsp3) is 0.400. The van der Waals surface area contributed by atoms with Crippen LogP contribution in [0.2, 0.25) is 5.02 Å². The molecule has 2 fully saturated rings. The minimum Gasteiger partial charge on any atom is -0.490 e. The number of benzene rings is 1. The summed E-state index contributed by atoms with van der Waals surface area (Å²) in [6.07, 6.45) is 6.29. The number of carbonyl (C=O) groups excluding carboxylic acids is 3. The van der Waals surface area contributed by atoms with E-state index in [1.807, 2.05) is 12.2 Å². The minimum atomic E-state index is -0.657. The van der Waals surface area contributed by atoms with Crippen LogP contribution in [0.3, 0.4) is 0 Å². The summed E-state index contributed by atoms with van der Waals surface area (Å²) >= 11 is 9.75. The van der Waals surface area contributed by atoms with Gasteiger partial charge in [-0.25, -0.2) is 0 Å². The molecule has 10 heteroatoms. The largest absolute Gasteiger partial charge is 0.490 e. The number of carbonyl (C=O) groups is 3. The lowest BCUT2D eigenvalue weighted by molar-refractivity contribution is -0.140. The molecular formula is C20H19BrClN3O5. The van der Waals surface area contributed by atoms with Crippen molar-refractivity contribution in [2.75, 3.05) is 13.2 Å². The fourth-order valence-electron chi connectivity index (χ4n) is 4.36. The normalized spacial score (nSPS) is 26.7. The van der Waals surface area contributed by atoms with Crippen molar-refractivity contribution in [3.05, 3.63) is 33.3 Å². The number of hydrogen-bond donors (Lipinski definition) is 1. The molecule has 1 aromatic rings. The Morgan fingerprint density at radius 2 is 1.93 bits per heavy atom. The number of allylic oxidation sites excluding steroid dienone is 2. The van der Waals surface area contributed by atoms with Crippen LogP contribution in [0.15, 0.2) is 27.8 Å². The number of imide groups is 1. The molecule has 0 spiro atoms. The van der Waals surface area contributed by atoms with Gasteiger partial charge < -0.3 is 15.2 Å². The van der Waals surface area contributed by atoms with Crippen LogP contribution in [0.1, 0.15) is 18.9 Å². The summed E-state index contributed by atoms with van der Waals surface area (Å²) < 4.78 is 11.3. The van der Waals surface area contributed by atoms with Gasteiger partial charge >= 0.3 is 0 Å². The monoisotopic (exact) mass is 495 g/mol. The van der Waals surface area contributed by atoms with E-state index >= 15 is 0 Å². The molecule has 1 aliphatic heterocycles. The van der Waals surface area contributed by atoms with Gasteiger partial charge in [0.2, 0.25) is 0 Å². The number of rotatable bonds is 7. The minimum absolute atomic E-state index is 0.115. The van der Waals surface area contributed by atoms with Crippen molar-refractivity contribution in [2.45, 2.75) is 13.3 Å². The van der Waals surface area contributed by atoms with Crippen LogP contribution in [0.4, 0.5) is 0 Å². The average molecular weight is 497 g/mol. The Morgan fingerprint density at radius 3 is 2.50 bits per heavy atom. The van der Waals surface area contributed by atoms with Crippen molar-refractivity contribution in [1.82, 2.24) is 5.01 Å². The zero-order valence-corrected chi connectivity index (χ0v) is 18.4. The first-order valence-corrected chi connectivity index (χ1v) is 10.7. The Balaban J connectivity index is 1.61. The van der Waals surface area contributed by atoms with E-state index in [1.54, 1.807) is 13.0 Å². The highest BCUT2D eigenvalue weighted by atomic mass is 79.9. The van der Waals surface area contributed by atoms with Gasteiger partial charge in [-0.15, -0.1) is 0 Å². The lowest BCUT2D eigenvalue weighted by atomic mass is 9.85. The Labute approximate surface area is 186 Å². The molecule has 2 aliphatic carbocycles. The van der Waals surface area contributed by atoms with Crippen LogP contribution >= 0.6 is 27.5 Å². The number of halogens is 2. The molecule has 0 aromatic heterocycles. The fourth-order valence-corrected chi connectivity index (χ4v) is 5.01. The van der Waals surface area contributed by atoms with Crippen molar-refractivity contribution in [2.24, 2.45) is 34.5 Å². The zero-order chi connectivity index (χ0) is 21.6. The highest BCUT2D eigenvalue weighted by Crippen LogP contribution is 2.52. The maximum Gasteiger partial charge on any atom is 0.255 e. The average Bonchev–Trinajstić information content (AvgIpc) is 3.38. The molecule has 2 N–H and O–H groups in total. The first-order valence-electron chi connectivity index (χ1n) is 9.49. The SMILES string of the molecule is CCOc1cc(C=NN2C(=O)C3C4C=CC(C4)C3C2=O)c(Br)c(Cl)c1OCC(N)=O. The van der Waals surface area contributed by atoms with Gasteiger partial charge in [-0.3, -0.25) is 14.4 Å². The second kappa shape index (κ2) is 8.03. The predicted octanol–water partition coefficient (Wildman–Crippen LogP) is 2.51. The van der Waals surface area contributed by atoms with Gasteiger partial charge in [-0.1, -0.05) is 23.8 Å². The summed E-state index contributed by atoms with van der Waals surface area (Å²) in [7, 11) is 0. The highest BCUT2D eigenvalue weighted by molar-refractivity contribution is 9.10. The molecule has 4 atom stereocenters. The van der Waals surface area contributed by atoms with E-state index < -0.39 is 5.91 Å². The summed E-state index contributed by atoms with van der Waals surface area (Å²) in [4.78, 5) is 36.6. The third-order valence-electron chi connectivity index (χ3n) is 5.57. The number of primary amides is 1. The van der Waals surface area contributed by atoms with Crippen LogP contribution < -0.4 is 15.2 Å². The van der Waals surface area contributed by atoms with Crippen molar-refractivity contribution < 1.29 is 23.9 Å². The molecule has 3 aliphatic rings. The second-order valence-electron chi connectivity index (χ2n) is 7.34. The first kappa shape index (κ1) is 20.9. The van der Waals surface area contributed by atoms with E-state index in [0.717, 1.165) is 11.4 Å². The molecule has 0 radical (unpaired) electrons. The van der Waals surface area contributed by atoms with E-state index in [4.69, 9.17) is 26.8 Å². The summed E-state index contributed by atoms with van der Waals surface area (Å²) in [6.45, 7) is 1.74. The van der Waals surface area contributed by atoms with Gasteiger partial charge in [0, 0.05) is 10.0 Å².